The van der Waals surface area contributed by atoms with Gasteiger partial charge in [0.2, 0.25) is 11.8 Å². The van der Waals surface area contributed by atoms with E-state index in [0.29, 0.717) is 11.8 Å². The molecule has 0 bridgehead atoms. The van der Waals surface area contributed by atoms with E-state index in [0.717, 1.165) is 22.5 Å². The predicted molar refractivity (Wildman–Crippen MR) is 79.9 cm³/mol. The van der Waals surface area contributed by atoms with Crippen LogP contribution >= 0.6 is 27.5 Å². The summed E-state index contributed by atoms with van der Waals surface area (Å²) in [6.45, 7) is 0.742. The fourth-order valence-corrected chi connectivity index (χ4v) is 2.03. The number of methoxy groups -OCH3 is 1. The Morgan fingerprint density at radius 1 is 1.32 bits per heavy atom. The van der Waals surface area contributed by atoms with Gasteiger partial charge in [-0.2, -0.15) is 4.98 Å². The Morgan fingerprint density at radius 2 is 2.05 bits per heavy atom. The molecule has 0 spiro atoms. The van der Waals surface area contributed by atoms with Crippen LogP contribution in [-0.2, 0) is 6.42 Å². The third-order valence-electron chi connectivity index (χ3n) is 2.52. The number of ether oxygens (including phenoxy) is 1. The molecule has 100 valence electrons. The Hall–Kier alpha value is -1.33. The van der Waals surface area contributed by atoms with Crippen LogP contribution in [0, 0.1) is 0 Å². The van der Waals surface area contributed by atoms with E-state index in [1.54, 1.807) is 13.3 Å². The summed E-state index contributed by atoms with van der Waals surface area (Å²) >= 11 is 9.15. The second-order valence-corrected chi connectivity index (χ2v) is 5.14. The minimum Gasteiger partial charge on any atom is -0.480 e. The molecule has 0 fully saturated rings. The molecule has 0 aliphatic carbocycles. The van der Waals surface area contributed by atoms with Crippen molar-refractivity contribution in [3.05, 3.63) is 45.5 Å². The quantitative estimate of drug-likeness (QED) is 0.902. The van der Waals surface area contributed by atoms with Crippen molar-refractivity contribution in [2.75, 3.05) is 19.0 Å². The number of halogens is 2. The first-order chi connectivity index (χ1) is 9.19. The van der Waals surface area contributed by atoms with Gasteiger partial charge in [-0.05, 0) is 40.0 Å². The fraction of sp³-hybridized carbons (Fsp3) is 0.231. The van der Waals surface area contributed by atoms with Crippen LogP contribution in [0.4, 0.5) is 5.95 Å². The van der Waals surface area contributed by atoms with Crippen LogP contribution in [0.3, 0.4) is 0 Å². The van der Waals surface area contributed by atoms with Crippen LogP contribution < -0.4 is 10.1 Å². The van der Waals surface area contributed by atoms with E-state index in [2.05, 4.69) is 31.2 Å². The van der Waals surface area contributed by atoms with Gasteiger partial charge in [0, 0.05) is 11.6 Å². The third kappa shape index (κ3) is 4.08. The topological polar surface area (TPSA) is 47.0 Å². The van der Waals surface area contributed by atoms with Gasteiger partial charge in [-0.25, -0.2) is 4.98 Å². The maximum atomic E-state index is 5.84. The zero-order valence-electron chi connectivity index (χ0n) is 10.4. The highest BCUT2D eigenvalue weighted by molar-refractivity contribution is 9.10. The normalized spacial score (nSPS) is 10.3. The molecule has 2 aromatic rings. The highest BCUT2D eigenvalue weighted by atomic mass is 79.9. The molecule has 0 unspecified atom stereocenters. The van der Waals surface area contributed by atoms with Gasteiger partial charge >= 0.3 is 0 Å². The van der Waals surface area contributed by atoms with Gasteiger partial charge in [0.25, 0.3) is 0 Å². The zero-order chi connectivity index (χ0) is 13.7. The third-order valence-corrected chi connectivity index (χ3v) is 3.31. The summed E-state index contributed by atoms with van der Waals surface area (Å²) in [5.74, 6) is 1.07. The van der Waals surface area contributed by atoms with Gasteiger partial charge in [-0.15, -0.1) is 0 Å². The van der Waals surface area contributed by atoms with Gasteiger partial charge in [-0.3, -0.25) is 0 Å². The summed E-state index contributed by atoms with van der Waals surface area (Å²) in [5.41, 5.74) is 1.21. The van der Waals surface area contributed by atoms with Crippen LogP contribution in [0.5, 0.6) is 5.88 Å². The summed E-state index contributed by atoms with van der Waals surface area (Å²) in [4.78, 5) is 8.39. The Morgan fingerprint density at radius 3 is 2.74 bits per heavy atom. The standard InChI is InChI=1S/C13H13BrClN3O/c1-19-12-11(14)8-17-13(18-12)16-7-6-9-2-4-10(15)5-3-9/h2-5,8H,6-7H2,1H3,(H,16,17,18). The predicted octanol–water partition coefficient (Wildman–Crippen LogP) is 3.56. The number of hydrogen-bond acceptors (Lipinski definition) is 4. The smallest absolute Gasteiger partial charge is 0.232 e. The lowest BCUT2D eigenvalue weighted by Crippen LogP contribution is -2.08. The first-order valence-corrected chi connectivity index (χ1v) is 6.91. The summed E-state index contributed by atoms with van der Waals surface area (Å²) < 4.78 is 5.85. The van der Waals surface area contributed by atoms with Gasteiger partial charge in [0.15, 0.2) is 0 Å². The van der Waals surface area contributed by atoms with E-state index >= 15 is 0 Å². The van der Waals surface area contributed by atoms with Gasteiger partial charge in [0.05, 0.1) is 17.8 Å². The Balaban J connectivity index is 1.90. The summed E-state index contributed by atoms with van der Waals surface area (Å²) in [7, 11) is 1.57. The number of hydrogen-bond donors (Lipinski definition) is 1. The van der Waals surface area contributed by atoms with Crippen molar-refractivity contribution in [1.29, 1.82) is 0 Å². The largest absolute Gasteiger partial charge is 0.480 e. The second-order valence-electron chi connectivity index (χ2n) is 3.85. The van der Waals surface area contributed by atoms with E-state index in [1.165, 1.54) is 5.56 Å². The van der Waals surface area contributed by atoms with Crippen LogP contribution in [-0.4, -0.2) is 23.6 Å². The molecule has 6 heteroatoms. The van der Waals surface area contributed by atoms with E-state index in [-0.39, 0.29) is 0 Å². The van der Waals surface area contributed by atoms with E-state index in [9.17, 15) is 0 Å². The van der Waals surface area contributed by atoms with Crippen molar-refractivity contribution in [3.8, 4) is 5.88 Å². The van der Waals surface area contributed by atoms with Crippen LogP contribution in [0.2, 0.25) is 5.02 Å². The Labute approximate surface area is 125 Å². The lowest BCUT2D eigenvalue weighted by molar-refractivity contribution is 0.394. The van der Waals surface area contributed by atoms with Crippen molar-refractivity contribution in [3.63, 3.8) is 0 Å². The maximum Gasteiger partial charge on any atom is 0.232 e. The van der Waals surface area contributed by atoms with Crippen molar-refractivity contribution < 1.29 is 4.74 Å². The SMILES string of the molecule is COc1nc(NCCc2ccc(Cl)cc2)ncc1Br. The van der Waals surface area contributed by atoms with Gasteiger partial charge in [-0.1, -0.05) is 23.7 Å². The number of nitrogens with one attached hydrogen (secondary N) is 1. The first kappa shape index (κ1) is 14.1. The molecule has 2 rings (SSSR count). The van der Waals surface area contributed by atoms with Crippen molar-refractivity contribution in [2.24, 2.45) is 0 Å². The molecule has 1 heterocycles. The van der Waals surface area contributed by atoms with Crippen LogP contribution in [0.15, 0.2) is 34.9 Å². The van der Waals surface area contributed by atoms with E-state index in [4.69, 9.17) is 16.3 Å². The lowest BCUT2D eigenvalue weighted by atomic mass is 10.1. The molecular formula is C13H13BrClN3O. The number of anilines is 1. The summed E-state index contributed by atoms with van der Waals surface area (Å²) in [5, 5.41) is 3.90. The van der Waals surface area contributed by atoms with Crippen molar-refractivity contribution in [2.45, 2.75) is 6.42 Å². The molecule has 19 heavy (non-hydrogen) atoms. The van der Waals surface area contributed by atoms with E-state index < -0.39 is 0 Å². The van der Waals surface area contributed by atoms with Gasteiger partial charge in [0.1, 0.15) is 0 Å². The van der Waals surface area contributed by atoms with Crippen LogP contribution in [0.1, 0.15) is 5.56 Å². The molecular weight excluding hydrogens is 330 g/mol. The molecule has 4 nitrogen and oxygen atoms in total. The highest BCUT2D eigenvalue weighted by Crippen LogP contribution is 2.21. The van der Waals surface area contributed by atoms with Crippen LogP contribution in [0.25, 0.3) is 0 Å². The highest BCUT2D eigenvalue weighted by Gasteiger charge is 2.04. The molecule has 0 saturated carbocycles. The number of benzene rings is 1. The minimum atomic E-state index is 0.518. The summed E-state index contributed by atoms with van der Waals surface area (Å²) in [6, 6.07) is 7.78. The molecule has 0 amide bonds. The fourth-order valence-electron chi connectivity index (χ4n) is 1.55. The molecule has 0 aliphatic heterocycles. The molecule has 0 radical (unpaired) electrons. The number of aromatic nitrogens is 2. The molecule has 1 aromatic carbocycles. The minimum absolute atomic E-state index is 0.518. The number of rotatable bonds is 5. The Bertz CT molecular complexity index is 548. The first-order valence-electron chi connectivity index (χ1n) is 5.74. The average Bonchev–Trinajstić information content (AvgIpc) is 2.43. The van der Waals surface area contributed by atoms with Gasteiger partial charge < -0.3 is 10.1 Å². The maximum absolute atomic E-state index is 5.84. The monoisotopic (exact) mass is 341 g/mol. The molecule has 0 atom stereocenters. The second kappa shape index (κ2) is 6.73. The summed E-state index contributed by atoms with van der Waals surface area (Å²) in [6.07, 6.45) is 2.54. The Kier molecular flexibility index (Phi) is 4.99. The zero-order valence-corrected chi connectivity index (χ0v) is 12.7. The number of nitrogens with zero attached hydrogens (tertiary/aromatic N) is 2. The van der Waals surface area contributed by atoms with E-state index in [1.807, 2.05) is 24.3 Å². The molecule has 0 saturated heterocycles. The lowest BCUT2D eigenvalue weighted by Gasteiger charge is -2.07. The van der Waals surface area contributed by atoms with Crippen molar-refractivity contribution >= 4 is 33.5 Å². The molecule has 1 N–H and O–H groups in total. The molecule has 0 aliphatic rings. The average molecular weight is 343 g/mol. The molecule has 1 aromatic heterocycles. The van der Waals surface area contributed by atoms with Crippen molar-refractivity contribution in [1.82, 2.24) is 9.97 Å².